The summed E-state index contributed by atoms with van der Waals surface area (Å²) in [5.41, 5.74) is 1.09. The molecule has 0 bridgehead atoms. The molecule has 4 nitrogen and oxygen atoms in total. The van der Waals surface area contributed by atoms with Gasteiger partial charge in [-0.1, -0.05) is 18.2 Å². The summed E-state index contributed by atoms with van der Waals surface area (Å²) in [7, 11) is 0. The summed E-state index contributed by atoms with van der Waals surface area (Å²) in [4.78, 5) is 14.3. The number of hydrogen-bond donors (Lipinski definition) is 1. The van der Waals surface area contributed by atoms with Gasteiger partial charge < -0.3 is 14.6 Å². The first-order valence-electron chi connectivity index (χ1n) is 7.20. The molecule has 1 fully saturated rings. The summed E-state index contributed by atoms with van der Waals surface area (Å²) in [6, 6.07) is 10.1. The summed E-state index contributed by atoms with van der Waals surface area (Å²) in [6.07, 6.45) is 3.98. The summed E-state index contributed by atoms with van der Waals surface area (Å²) in [5.74, 6) is 0.388. The van der Waals surface area contributed by atoms with Crippen LogP contribution in [0.15, 0.2) is 36.5 Å². The standard InChI is InChI=1S/C16H20N2O2/c19-12-13-4-3-8-18(10-13)16(20)11-17-9-7-14-5-1-2-6-15(14)17/h1-2,5-7,9,13,19H,3-4,8,10-12H2. The second kappa shape index (κ2) is 5.67. The van der Waals surface area contributed by atoms with Gasteiger partial charge in [0.25, 0.3) is 0 Å². The first-order valence-corrected chi connectivity index (χ1v) is 7.20. The Bertz CT molecular complexity index is 605. The highest BCUT2D eigenvalue weighted by Crippen LogP contribution is 2.18. The first kappa shape index (κ1) is 13.2. The zero-order valence-corrected chi connectivity index (χ0v) is 11.5. The minimum atomic E-state index is 0.143. The molecule has 1 aliphatic rings. The van der Waals surface area contributed by atoms with Crippen molar-refractivity contribution in [3.05, 3.63) is 36.5 Å². The lowest BCUT2D eigenvalue weighted by atomic mass is 9.99. The van der Waals surface area contributed by atoms with Crippen molar-refractivity contribution in [3.8, 4) is 0 Å². The van der Waals surface area contributed by atoms with E-state index in [-0.39, 0.29) is 18.4 Å². The van der Waals surface area contributed by atoms with Crippen LogP contribution in [0.5, 0.6) is 0 Å². The van der Waals surface area contributed by atoms with Crippen LogP contribution in [0.2, 0.25) is 0 Å². The highest BCUT2D eigenvalue weighted by molar-refractivity contribution is 5.83. The van der Waals surface area contributed by atoms with Crippen LogP contribution in [-0.2, 0) is 11.3 Å². The van der Waals surface area contributed by atoms with Gasteiger partial charge in [0, 0.05) is 31.4 Å². The molecule has 0 radical (unpaired) electrons. The number of aromatic nitrogens is 1. The summed E-state index contributed by atoms with van der Waals surface area (Å²) >= 11 is 0. The second-order valence-electron chi connectivity index (χ2n) is 5.53. The lowest BCUT2D eigenvalue weighted by Gasteiger charge is -2.32. The minimum Gasteiger partial charge on any atom is -0.396 e. The third-order valence-corrected chi connectivity index (χ3v) is 4.12. The second-order valence-corrected chi connectivity index (χ2v) is 5.53. The largest absolute Gasteiger partial charge is 0.396 e. The molecule has 1 atom stereocenters. The van der Waals surface area contributed by atoms with E-state index in [0.29, 0.717) is 13.1 Å². The molecule has 0 saturated carbocycles. The predicted octanol–water partition coefficient (Wildman–Crippen LogP) is 1.87. The number of rotatable bonds is 3. The Morgan fingerprint density at radius 1 is 1.30 bits per heavy atom. The molecule has 1 aliphatic heterocycles. The number of carbonyl (C=O) groups is 1. The number of carbonyl (C=O) groups excluding carboxylic acids is 1. The van der Waals surface area contributed by atoms with Gasteiger partial charge in [-0.3, -0.25) is 4.79 Å². The number of fused-ring (bicyclic) bond motifs is 1. The van der Waals surface area contributed by atoms with E-state index in [0.717, 1.165) is 30.3 Å². The molecule has 3 rings (SSSR count). The number of amides is 1. The number of likely N-dealkylation sites (tertiary alicyclic amines) is 1. The van der Waals surface area contributed by atoms with Crippen molar-refractivity contribution in [2.45, 2.75) is 19.4 Å². The van der Waals surface area contributed by atoms with Crippen LogP contribution in [0.1, 0.15) is 12.8 Å². The maximum absolute atomic E-state index is 12.4. The molecule has 1 aromatic carbocycles. The van der Waals surface area contributed by atoms with Crippen LogP contribution in [0.25, 0.3) is 10.9 Å². The monoisotopic (exact) mass is 272 g/mol. The Morgan fingerprint density at radius 2 is 2.15 bits per heavy atom. The van der Waals surface area contributed by atoms with E-state index in [2.05, 4.69) is 6.07 Å². The molecule has 0 spiro atoms. The molecule has 2 aromatic rings. The molecule has 20 heavy (non-hydrogen) atoms. The first-order chi connectivity index (χ1) is 9.78. The summed E-state index contributed by atoms with van der Waals surface area (Å²) in [5, 5.41) is 10.4. The van der Waals surface area contributed by atoms with Gasteiger partial charge in [-0.25, -0.2) is 0 Å². The van der Waals surface area contributed by atoms with Gasteiger partial charge in [0.1, 0.15) is 6.54 Å². The van der Waals surface area contributed by atoms with Gasteiger partial charge in [-0.05, 0) is 36.3 Å². The topological polar surface area (TPSA) is 45.5 Å². The van der Waals surface area contributed by atoms with Gasteiger partial charge in [-0.15, -0.1) is 0 Å². The number of aliphatic hydroxyl groups excluding tert-OH is 1. The van der Waals surface area contributed by atoms with Crippen LogP contribution in [0.3, 0.4) is 0 Å². The predicted molar refractivity (Wildman–Crippen MR) is 78.3 cm³/mol. The van der Waals surface area contributed by atoms with Gasteiger partial charge in [-0.2, -0.15) is 0 Å². The molecule has 106 valence electrons. The average Bonchev–Trinajstić information content (AvgIpc) is 2.90. The third kappa shape index (κ3) is 2.56. The van der Waals surface area contributed by atoms with Crippen LogP contribution in [0.4, 0.5) is 0 Å². The molecule has 1 N–H and O–H groups in total. The van der Waals surface area contributed by atoms with E-state index < -0.39 is 0 Å². The van der Waals surface area contributed by atoms with Crippen molar-refractivity contribution < 1.29 is 9.90 Å². The van der Waals surface area contributed by atoms with Crippen molar-refractivity contribution in [2.75, 3.05) is 19.7 Å². The highest BCUT2D eigenvalue weighted by atomic mass is 16.3. The van der Waals surface area contributed by atoms with E-state index in [1.54, 1.807) is 0 Å². The third-order valence-electron chi connectivity index (χ3n) is 4.12. The van der Waals surface area contributed by atoms with E-state index in [4.69, 9.17) is 0 Å². The van der Waals surface area contributed by atoms with E-state index >= 15 is 0 Å². The van der Waals surface area contributed by atoms with Crippen molar-refractivity contribution >= 4 is 16.8 Å². The SMILES string of the molecule is O=C(Cn1ccc2ccccc21)N1CCCC(CO)C1. The quantitative estimate of drug-likeness (QED) is 0.927. The molecule has 2 heterocycles. The molecule has 1 unspecified atom stereocenters. The number of hydrogen-bond acceptors (Lipinski definition) is 2. The summed E-state index contributed by atoms with van der Waals surface area (Å²) < 4.78 is 2.00. The van der Waals surface area contributed by atoms with Gasteiger partial charge in [0.05, 0.1) is 0 Å². The highest BCUT2D eigenvalue weighted by Gasteiger charge is 2.23. The zero-order valence-electron chi connectivity index (χ0n) is 11.5. The lowest BCUT2D eigenvalue weighted by molar-refractivity contribution is -0.133. The maximum atomic E-state index is 12.4. The molecular formula is C16H20N2O2. The number of para-hydroxylation sites is 1. The van der Waals surface area contributed by atoms with Crippen LogP contribution < -0.4 is 0 Å². The fraction of sp³-hybridized carbons (Fsp3) is 0.438. The van der Waals surface area contributed by atoms with Crippen molar-refractivity contribution in [2.24, 2.45) is 5.92 Å². The Kier molecular flexibility index (Phi) is 3.74. The number of nitrogens with zero attached hydrogens (tertiary/aromatic N) is 2. The zero-order chi connectivity index (χ0) is 13.9. The van der Waals surface area contributed by atoms with Crippen LogP contribution in [-0.4, -0.2) is 40.2 Å². The van der Waals surface area contributed by atoms with Crippen LogP contribution >= 0.6 is 0 Å². The number of piperidine rings is 1. The number of benzene rings is 1. The van der Waals surface area contributed by atoms with E-state index in [1.807, 2.05) is 39.9 Å². The number of aliphatic hydroxyl groups is 1. The fourth-order valence-corrected chi connectivity index (χ4v) is 2.96. The van der Waals surface area contributed by atoms with Gasteiger partial charge >= 0.3 is 0 Å². The van der Waals surface area contributed by atoms with Crippen molar-refractivity contribution in [1.29, 1.82) is 0 Å². The molecule has 4 heteroatoms. The molecule has 1 amide bonds. The van der Waals surface area contributed by atoms with Gasteiger partial charge in [0.15, 0.2) is 0 Å². The average molecular weight is 272 g/mol. The maximum Gasteiger partial charge on any atom is 0.242 e. The lowest BCUT2D eigenvalue weighted by Crippen LogP contribution is -2.42. The van der Waals surface area contributed by atoms with E-state index in [9.17, 15) is 9.90 Å². The minimum absolute atomic E-state index is 0.143. The van der Waals surface area contributed by atoms with Crippen molar-refractivity contribution in [3.63, 3.8) is 0 Å². The Morgan fingerprint density at radius 3 is 3.00 bits per heavy atom. The van der Waals surface area contributed by atoms with Crippen molar-refractivity contribution in [1.82, 2.24) is 9.47 Å². The Balaban J connectivity index is 1.72. The van der Waals surface area contributed by atoms with E-state index in [1.165, 1.54) is 0 Å². The van der Waals surface area contributed by atoms with Crippen LogP contribution in [0, 0.1) is 5.92 Å². The summed E-state index contributed by atoms with van der Waals surface area (Å²) in [6.45, 7) is 2.06. The molecule has 1 aromatic heterocycles. The smallest absolute Gasteiger partial charge is 0.242 e. The van der Waals surface area contributed by atoms with Gasteiger partial charge in [0.2, 0.25) is 5.91 Å². The molecule has 1 saturated heterocycles. The Hall–Kier alpha value is -1.81. The fourth-order valence-electron chi connectivity index (χ4n) is 2.96. The molecular weight excluding hydrogens is 252 g/mol. The molecule has 0 aliphatic carbocycles. The Labute approximate surface area is 118 Å². The normalized spacial score (nSPS) is 19.4.